The molecule has 0 aromatic heterocycles. The molecular formula is C15H10O2. The average Bonchev–Trinajstić information content (AvgIpc) is 2.34. The number of allylic oxidation sites excluding steroid dienone is 2. The number of benzene rings is 2. The van der Waals surface area contributed by atoms with Crippen LogP contribution in [-0.4, -0.2) is 11.6 Å². The van der Waals surface area contributed by atoms with E-state index in [4.69, 9.17) is 0 Å². The Balaban J connectivity index is 2.38. The molecule has 0 atom stereocenters. The van der Waals surface area contributed by atoms with Crippen LogP contribution in [0, 0.1) is 0 Å². The minimum Gasteiger partial charge on any atom is -0.289 e. The number of carbonyl (C=O) groups excluding carboxylic acids is 2. The van der Waals surface area contributed by atoms with E-state index in [2.05, 4.69) is 0 Å². The highest BCUT2D eigenvalue weighted by molar-refractivity contribution is 6.25. The van der Waals surface area contributed by atoms with Gasteiger partial charge in [-0.15, -0.1) is 0 Å². The van der Waals surface area contributed by atoms with Gasteiger partial charge in [0.2, 0.25) is 0 Å². The van der Waals surface area contributed by atoms with E-state index in [0.29, 0.717) is 16.7 Å². The monoisotopic (exact) mass is 222 g/mol. The number of hydrogen-bond acceptors (Lipinski definition) is 2. The summed E-state index contributed by atoms with van der Waals surface area (Å²) in [7, 11) is 0. The maximum absolute atomic E-state index is 12.0. The summed E-state index contributed by atoms with van der Waals surface area (Å²) in [5, 5.41) is 1.97. The van der Waals surface area contributed by atoms with Crippen molar-refractivity contribution in [1.29, 1.82) is 0 Å². The molecular weight excluding hydrogens is 212 g/mol. The molecule has 2 aromatic carbocycles. The highest BCUT2D eigenvalue weighted by Gasteiger charge is 2.23. The molecule has 17 heavy (non-hydrogen) atoms. The third kappa shape index (κ3) is 1.41. The van der Waals surface area contributed by atoms with E-state index >= 15 is 0 Å². The Labute approximate surface area is 98.6 Å². The van der Waals surface area contributed by atoms with Crippen LogP contribution in [0.2, 0.25) is 0 Å². The zero-order valence-electron chi connectivity index (χ0n) is 9.36. The fraction of sp³-hybridized carbons (Fsp3) is 0.0667. The Morgan fingerprint density at radius 1 is 0.882 bits per heavy atom. The van der Waals surface area contributed by atoms with Gasteiger partial charge < -0.3 is 0 Å². The summed E-state index contributed by atoms with van der Waals surface area (Å²) in [6.45, 7) is 1.68. The van der Waals surface area contributed by atoms with Gasteiger partial charge in [-0.3, -0.25) is 9.59 Å². The van der Waals surface area contributed by atoms with Gasteiger partial charge in [0.15, 0.2) is 11.6 Å². The lowest BCUT2D eigenvalue weighted by atomic mass is 9.88. The molecule has 0 fully saturated rings. The van der Waals surface area contributed by atoms with Crippen molar-refractivity contribution >= 4 is 22.3 Å². The van der Waals surface area contributed by atoms with Gasteiger partial charge in [-0.1, -0.05) is 24.3 Å². The first-order valence-electron chi connectivity index (χ1n) is 5.47. The molecule has 0 amide bonds. The van der Waals surface area contributed by atoms with E-state index in [1.54, 1.807) is 19.1 Å². The first-order chi connectivity index (χ1) is 8.16. The van der Waals surface area contributed by atoms with Crippen LogP contribution in [-0.2, 0) is 0 Å². The second kappa shape index (κ2) is 3.39. The summed E-state index contributed by atoms with van der Waals surface area (Å²) in [5.41, 5.74) is 1.55. The summed E-state index contributed by atoms with van der Waals surface area (Å²) >= 11 is 0. The standard InChI is InChI=1S/C15H10O2/c1-9-6-14(16)12-7-10-4-2-3-5-11(10)8-13(12)15(9)17/h2-8H,1H3. The van der Waals surface area contributed by atoms with Crippen LogP contribution in [0.4, 0.5) is 0 Å². The van der Waals surface area contributed by atoms with Crippen molar-refractivity contribution in [2.45, 2.75) is 6.92 Å². The van der Waals surface area contributed by atoms with E-state index in [9.17, 15) is 9.59 Å². The van der Waals surface area contributed by atoms with Crippen molar-refractivity contribution in [3.05, 3.63) is 59.2 Å². The molecule has 1 aliphatic rings. The Kier molecular flexibility index (Phi) is 1.99. The van der Waals surface area contributed by atoms with Crippen molar-refractivity contribution in [2.24, 2.45) is 0 Å². The first-order valence-corrected chi connectivity index (χ1v) is 5.47. The van der Waals surface area contributed by atoms with Gasteiger partial charge in [-0.25, -0.2) is 0 Å². The molecule has 0 saturated carbocycles. The number of hydrogen-bond donors (Lipinski definition) is 0. The van der Waals surface area contributed by atoms with E-state index < -0.39 is 0 Å². The Morgan fingerprint density at radius 3 is 2.12 bits per heavy atom. The third-order valence-corrected chi connectivity index (χ3v) is 3.10. The highest BCUT2D eigenvalue weighted by atomic mass is 16.1. The van der Waals surface area contributed by atoms with Gasteiger partial charge in [0.25, 0.3) is 0 Å². The lowest BCUT2D eigenvalue weighted by Crippen LogP contribution is -2.15. The molecule has 1 aliphatic carbocycles. The Bertz CT molecular complexity index is 693. The number of ketones is 2. The summed E-state index contributed by atoms with van der Waals surface area (Å²) in [6.07, 6.45) is 1.42. The molecule has 0 unspecified atom stereocenters. The van der Waals surface area contributed by atoms with Crippen molar-refractivity contribution < 1.29 is 9.59 Å². The van der Waals surface area contributed by atoms with Crippen LogP contribution in [0.25, 0.3) is 10.8 Å². The zero-order chi connectivity index (χ0) is 12.0. The van der Waals surface area contributed by atoms with Crippen molar-refractivity contribution in [3.8, 4) is 0 Å². The number of fused-ring (bicyclic) bond motifs is 2. The number of carbonyl (C=O) groups is 2. The van der Waals surface area contributed by atoms with E-state index in [-0.39, 0.29) is 11.6 Å². The first kappa shape index (κ1) is 9.97. The number of Topliss-reactive ketones (excluding diaryl/α,β-unsaturated/α-hetero) is 1. The fourth-order valence-corrected chi connectivity index (χ4v) is 2.18. The Hall–Kier alpha value is -2.22. The molecule has 82 valence electrons. The van der Waals surface area contributed by atoms with Crippen molar-refractivity contribution in [2.75, 3.05) is 0 Å². The van der Waals surface area contributed by atoms with Crippen LogP contribution in [0.1, 0.15) is 27.6 Å². The van der Waals surface area contributed by atoms with Crippen LogP contribution in [0.5, 0.6) is 0 Å². The zero-order valence-corrected chi connectivity index (χ0v) is 9.36. The molecule has 0 N–H and O–H groups in total. The normalized spacial score (nSPS) is 14.8. The van der Waals surface area contributed by atoms with E-state index in [1.807, 2.05) is 24.3 Å². The van der Waals surface area contributed by atoms with Crippen LogP contribution in [0.15, 0.2) is 48.0 Å². The average molecular weight is 222 g/mol. The lowest BCUT2D eigenvalue weighted by molar-refractivity contribution is 0.0985. The molecule has 0 radical (unpaired) electrons. The van der Waals surface area contributed by atoms with Crippen molar-refractivity contribution in [3.63, 3.8) is 0 Å². The molecule has 0 spiro atoms. The van der Waals surface area contributed by atoms with Gasteiger partial charge in [-0.05, 0) is 35.9 Å². The molecule has 0 heterocycles. The highest BCUT2D eigenvalue weighted by Crippen LogP contribution is 2.26. The smallest absolute Gasteiger partial charge is 0.189 e. The summed E-state index contributed by atoms with van der Waals surface area (Å²) < 4.78 is 0. The summed E-state index contributed by atoms with van der Waals surface area (Å²) in [6, 6.07) is 11.3. The topological polar surface area (TPSA) is 34.1 Å². The second-order valence-corrected chi connectivity index (χ2v) is 4.27. The van der Waals surface area contributed by atoms with Crippen LogP contribution in [0.3, 0.4) is 0 Å². The molecule has 2 nitrogen and oxygen atoms in total. The predicted octanol–water partition coefficient (Wildman–Crippen LogP) is 3.17. The molecule has 2 heteroatoms. The van der Waals surface area contributed by atoms with Gasteiger partial charge in [0.1, 0.15) is 0 Å². The maximum atomic E-state index is 12.0. The minimum absolute atomic E-state index is 0.0506. The molecule has 0 saturated heterocycles. The molecule has 0 bridgehead atoms. The van der Waals surface area contributed by atoms with Gasteiger partial charge in [-0.2, -0.15) is 0 Å². The van der Waals surface area contributed by atoms with Crippen LogP contribution < -0.4 is 0 Å². The number of rotatable bonds is 0. The molecule has 3 rings (SSSR count). The SMILES string of the molecule is CC1=CC(=O)c2cc3ccccc3cc2C1=O. The molecule has 2 aromatic rings. The quantitative estimate of drug-likeness (QED) is 0.686. The Morgan fingerprint density at radius 2 is 1.47 bits per heavy atom. The predicted molar refractivity (Wildman–Crippen MR) is 66.4 cm³/mol. The van der Waals surface area contributed by atoms with Gasteiger partial charge >= 0.3 is 0 Å². The van der Waals surface area contributed by atoms with Gasteiger partial charge in [0, 0.05) is 16.7 Å². The van der Waals surface area contributed by atoms with Crippen LogP contribution >= 0.6 is 0 Å². The maximum Gasteiger partial charge on any atom is 0.189 e. The molecule has 0 aliphatic heterocycles. The third-order valence-electron chi connectivity index (χ3n) is 3.10. The van der Waals surface area contributed by atoms with E-state index in [0.717, 1.165) is 10.8 Å². The van der Waals surface area contributed by atoms with E-state index in [1.165, 1.54) is 6.08 Å². The summed E-state index contributed by atoms with van der Waals surface area (Å²) in [5.74, 6) is -0.131. The second-order valence-electron chi connectivity index (χ2n) is 4.27. The fourth-order valence-electron chi connectivity index (χ4n) is 2.18. The lowest BCUT2D eigenvalue weighted by Gasteiger charge is -2.13. The summed E-state index contributed by atoms with van der Waals surface area (Å²) in [4.78, 5) is 23.8. The largest absolute Gasteiger partial charge is 0.289 e. The van der Waals surface area contributed by atoms with Gasteiger partial charge in [0.05, 0.1) is 0 Å². The van der Waals surface area contributed by atoms with Crippen molar-refractivity contribution in [1.82, 2.24) is 0 Å². The minimum atomic E-state index is -0.0807.